The third-order valence-electron chi connectivity index (χ3n) is 4.55. The van der Waals surface area contributed by atoms with Gasteiger partial charge in [-0.3, -0.25) is 19.6 Å². The molecule has 0 unspecified atom stereocenters. The summed E-state index contributed by atoms with van der Waals surface area (Å²) in [5.74, 6) is -0.217. The fourth-order valence-electron chi connectivity index (χ4n) is 2.82. The summed E-state index contributed by atoms with van der Waals surface area (Å²) in [6.45, 7) is 4.30. The van der Waals surface area contributed by atoms with Crippen LogP contribution in [0.1, 0.15) is 21.6 Å². The zero-order valence-corrected chi connectivity index (χ0v) is 14.8. The highest BCUT2D eigenvalue weighted by Crippen LogP contribution is 2.27. The molecule has 2 heterocycles. The fourth-order valence-corrected chi connectivity index (χ4v) is 2.82. The topological polar surface area (TPSA) is 103 Å². The Bertz CT molecular complexity index is 827. The average Bonchev–Trinajstić information content (AvgIpc) is 2.98. The van der Waals surface area contributed by atoms with E-state index in [1.165, 1.54) is 6.07 Å². The Balaban J connectivity index is 1.79. The second kappa shape index (κ2) is 7.52. The number of amides is 1. The van der Waals surface area contributed by atoms with Crippen LogP contribution in [0.4, 0.5) is 11.4 Å². The van der Waals surface area contributed by atoms with Crippen LogP contribution in [0.2, 0.25) is 0 Å². The van der Waals surface area contributed by atoms with Crippen molar-refractivity contribution in [3.05, 3.63) is 51.3 Å². The van der Waals surface area contributed by atoms with Crippen LogP contribution < -0.4 is 5.32 Å². The number of carbonyl (C=O) groups excluding carboxylic acids is 1. The molecule has 0 atom stereocenters. The van der Waals surface area contributed by atoms with Crippen molar-refractivity contribution >= 4 is 17.3 Å². The van der Waals surface area contributed by atoms with Crippen molar-refractivity contribution in [2.45, 2.75) is 13.5 Å². The minimum absolute atomic E-state index is 0.120. The van der Waals surface area contributed by atoms with Gasteiger partial charge in [-0.25, -0.2) is 0 Å². The number of nitrogens with zero attached hydrogens (tertiary/aromatic N) is 4. The van der Waals surface area contributed by atoms with Crippen molar-refractivity contribution in [1.29, 1.82) is 0 Å². The second-order valence-electron chi connectivity index (χ2n) is 6.13. The van der Waals surface area contributed by atoms with E-state index in [0.717, 1.165) is 11.3 Å². The summed E-state index contributed by atoms with van der Waals surface area (Å²) >= 11 is 0. The number of morpholine rings is 1. The number of aromatic nitrogens is 2. The molecule has 1 aliphatic heterocycles. The number of anilines is 1. The molecule has 1 saturated heterocycles. The van der Waals surface area contributed by atoms with Crippen LogP contribution in [0.25, 0.3) is 0 Å². The van der Waals surface area contributed by atoms with Crippen LogP contribution in [0, 0.1) is 17.0 Å². The average molecular weight is 359 g/mol. The van der Waals surface area contributed by atoms with Crippen LogP contribution in [-0.4, -0.2) is 51.8 Å². The minimum atomic E-state index is -0.478. The molecule has 9 nitrogen and oxygen atoms in total. The molecule has 26 heavy (non-hydrogen) atoms. The first kappa shape index (κ1) is 17.9. The molecule has 0 saturated carbocycles. The Morgan fingerprint density at radius 3 is 2.73 bits per heavy atom. The molecule has 1 fully saturated rings. The van der Waals surface area contributed by atoms with E-state index in [2.05, 4.69) is 10.4 Å². The zero-order valence-electron chi connectivity index (χ0n) is 14.8. The lowest BCUT2D eigenvalue weighted by Crippen LogP contribution is -2.40. The largest absolute Gasteiger partial charge is 0.378 e. The monoisotopic (exact) mass is 359 g/mol. The maximum Gasteiger partial charge on any atom is 0.293 e. The van der Waals surface area contributed by atoms with Gasteiger partial charge < -0.3 is 15.0 Å². The molecule has 0 spiro atoms. The second-order valence-corrected chi connectivity index (χ2v) is 6.13. The standard InChI is InChI=1S/C17H21N5O4/c1-12-14(11-19-20(12)2)10-18-15-4-3-13(9-16(15)22(24)25)17(23)21-5-7-26-8-6-21/h3-4,9,11,18H,5-8,10H2,1-2H3. The SMILES string of the molecule is Cc1c(CNc2ccc(C(=O)N3CCOCC3)cc2[N+](=O)[O-])cnn1C. The van der Waals surface area contributed by atoms with Crippen molar-refractivity contribution in [2.24, 2.45) is 7.05 Å². The number of nitro benzene ring substituents is 1. The van der Waals surface area contributed by atoms with Crippen molar-refractivity contribution in [3.63, 3.8) is 0 Å². The number of nitro groups is 1. The molecule has 1 aromatic heterocycles. The van der Waals surface area contributed by atoms with Gasteiger partial charge in [-0.2, -0.15) is 5.10 Å². The molecule has 3 rings (SSSR count). The fraction of sp³-hybridized carbons (Fsp3) is 0.412. The lowest BCUT2D eigenvalue weighted by Gasteiger charge is -2.26. The highest BCUT2D eigenvalue weighted by molar-refractivity contribution is 5.95. The van der Waals surface area contributed by atoms with Crippen molar-refractivity contribution in [3.8, 4) is 0 Å². The van der Waals surface area contributed by atoms with Gasteiger partial charge in [-0.05, 0) is 19.1 Å². The Kier molecular flexibility index (Phi) is 5.17. The lowest BCUT2D eigenvalue weighted by atomic mass is 10.1. The quantitative estimate of drug-likeness (QED) is 0.644. The molecule has 1 aromatic carbocycles. The summed E-state index contributed by atoms with van der Waals surface area (Å²) in [4.78, 5) is 25.2. The zero-order chi connectivity index (χ0) is 18.7. The van der Waals surface area contributed by atoms with Crippen LogP contribution in [0.3, 0.4) is 0 Å². The molecule has 138 valence electrons. The molecule has 9 heteroatoms. The summed E-state index contributed by atoms with van der Waals surface area (Å²) in [6.07, 6.45) is 1.73. The number of hydrogen-bond donors (Lipinski definition) is 1. The molecule has 1 aliphatic rings. The first-order chi connectivity index (χ1) is 12.5. The number of benzene rings is 1. The van der Waals surface area contributed by atoms with Gasteiger partial charge in [0.1, 0.15) is 5.69 Å². The normalized spacial score (nSPS) is 14.3. The van der Waals surface area contributed by atoms with Crippen LogP contribution in [0.15, 0.2) is 24.4 Å². The maximum absolute atomic E-state index is 12.5. The van der Waals surface area contributed by atoms with Gasteiger partial charge in [0.2, 0.25) is 0 Å². The third-order valence-corrected chi connectivity index (χ3v) is 4.55. The maximum atomic E-state index is 12.5. The van der Waals surface area contributed by atoms with Gasteiger partial charge in [0.25, 0.3) is 11.6 Å². The van der Waals surface area contributed by atoms with Crippen LogP contribution in [0.5, 0.6) is 0 Å². The highest BCUT2D eigenvalue weighted by Gasteiger charge is 2.22. The van der Waals surface area contributed by atoms with Gasteiger partial charge in [0, 0.05) is 49.6 Å². The van der Waals surface area contributed by atoms with E-state index in [1.54, 1.807) is 27.9 Å². The van der Waals surface area contributed by atoms with E-state index in [1.807, 2.05) is 14.0 Å². The highest BCUT2D eigenvalue weighted by atomic mass is 16.6. The van der Waals surface area contributed by atoms with E-state index < -0.39 is 4.92 Å². The molecule has 0 bridgehead atoms. The summed E-state index contributed by atoms with van der Waals surface area (Å²) in [5, 5.41) is 18.7. The number of hydrogen-bond acceptors (Lipinski definition) is 6. The third kappa shape index (κ3) is 3.67. The lowest BCUT2D eigenvalue weighted by molar-refractivity contribution is -0.384. The van der Waals surface area contributed by atoms with Crippen LogP contribution >= 0.6 is 0 Å². The van der Waals surface area contributed by atoms with Gasteiger partial charge in [0.15, 0.2) is 0 Å². The number of ether oxygens (including phenoxy) is 1. The molecule has 0 aliphatic carbocycles. The van der Waals surface area contributed by atoms with E-state index in [9.17, 15) is 14.9 Å². The predicted octanol–water partition coefficient (Wildman–Crippen LogP) is 1.72. The predicted molar refractivity (Wildman–Crippen MR) is 95.1 cm³/mol. The minimum Gasteiger partial charge on any atom is -0.378 e. The number of rotatable bonds is 5. The molecule has 0 radical (unpaired) electrons. The summed E-state index contributed by atoms with van der Waals surface area (Å²) in [5.41, 5.74) is 2.50. The van der Waals surface area contributed by atoms with Crippen molar-refractivity contribution in [2.75, 3.05) is 31.6 Å². The number of carbonyl (C=O) groups is 1. The van der Waals surface area contributed by atoms with E-state index in [0.29, 0.717) is 44.1 Å². The Morgan fingerprint density at radius 1 is 1.38 bits per heavy atom. The molecule has 1 N–H and O–H groups in total. The van der Waals surface area contributed by atoms with Crippen molar-refractivity contribution < 1.29 is 14.5 Å². The van der Waals surface area contributed by atoms with Gasteiger partial charge in [-0.15, -0.1) is 0 Å². The summed E-state index contributed by atoms with van der Waals surface area (Å²) in [7, 11) is 1.84. The molecule has 2 aromatic rings. The smallest absolute Gasteiger partial charge is 0.293 e. The first-order valence-electron chi connectivity index (χ1n) is 8.34. The van der Waals surface area contributed by atoms with Crippen molar-refractivity contribution in [1.82, 2.24) is 14.7 Å². The molecular formula is C17H21N5O4. The van der Waals surface area contributed by atoms with Gasteiger partial charge in [0.05, 0.1) is 24.3 Å². The summed E-state index contributed by atoms with van der Waals surface area (Å²) in [6, 6.07) is 4.52. The van der Waals surface area contributed by atoms with Gasteiger partial charge in [-0.1, -0.05) is 0 Å². The summed E-state index contributed by atoms with van der Waals surface area (Å²) < 4.78 is 6.98. The number of nitrogens with one attached hydrogen (secondary N) is 1. The van der Waals surface area contributed by atoms with Gasteiger partial charge >= 0.3 is 0 Å². The number of aryl methyl sites for hydroxylation is 1. The van der Waals surface area contributed by atoms with E-state index >= 15 is 0 Å². The first-order valence-corrected chi connectivity index (χ1v) is 8.34. The molecular weight excluding hydrogens is 338 g/mol. The van der Waals surface area contributed by atoms with E-state index in [4.69, 9.17) is 4.74 Å². The molecule has 1 amide bonds. The van der Waals surface area contributed by atoms with Crippen LogP contribution in [-0.2, 0) is 18.3 Å². The Hall–Kier alpha value is -2.94. The Labute approximate surface area is 150 Å². The van der Waals surface area contributed by atoms with E-state index in [-0.39, 0.29) is 11.6 Å². The Morgan fingerprint density at radius 2 is 2.12 bits per heavy atom.